The van der Waals surface area contributed by atoms with Gasteiger partial charge in [0.05, 0.1) is 16.4 Å². The van der Waals surface area contributed by atoms with Crippen molar-refractivity contribution in [3.63, 3.8) is 0 Å². The number of rotatable bonds is 9. The molecule has 3 heterocycles. The smallest absolute Gasteiger partial charge is 0.354 e. The lowest BCUT2D eigenvalue weighted by Crippen LogP contribution is -2.74. The molecule has 0 spiro atoms. The summed E-state index contributed by atoms with van der Waals surface area (Å²) in [5, 5.41) is 30.8. The number of amides is 2. The first-order valence-electron chi connectivity index (χ1n) is 9.56. The van der Waals surface area contributed by atoms with Crippen molar-refractivity contribution in [3.05, 3.63) is 9.93 Å². The fourth-order valence-corrected chi connectivity index (χ4v) is 7.34. The Bertz CT molecular complexity index is 714. The van der Waals surface area contributed by atoms with Crippen LogP contribution in [0.1, 0.15) is 39.5 Å². The number of nitrogens with zero attached hydrogens (tertiary/aromatic N) is 2. The molecule has 2 amide bonds. The molecule has 156 valence electrons. The third-order valence-electron chi connectivity index (χ3n) is 5.59. The Morgan fingerprint density at radius 3 is 2.57 bits per heavy atom. The van der Waals surface area contributed by atoms with Crippen molar-refractivity contribution in [1.82, 2.24) is 9.80 Å². The first kappa shape index (κ1) is 21.5. The highest BCUT2D eigenvalue weighted by Crippen LogP contribution is 2.63. The molecule has 3 rings (SSSR count). The van der Waals surface area contributed by atoms with E-state index in [1.54, 1.807) is 18.7 Å². The van der Waals surface area contributed by atoms with Gasteiger partial charge in [0.2, 0.25) is 11.8 Å². The van der Waals surface area contributed by atoms with Crippen molar-refractivity contribution in [2.45, 2.75) is 56.6 Å². The van der Waals surface area contributed by atoms with Crippen molar-refractivity contribution in [2.75, 3.05) is 18.8 Å². The summed E-state index contributed by atoms with van der Waals surface area (Å²) in [6.45, 7) is 4.74. The van der Waals surface area contributed by atoms with Crippen LogP contribution in [0.2, 0.25) is 0 Å². The van der Waals surface area contributed by atoms with Crippen LogP contribution in [0.25, 0.3) is 0 Å². The topological polar surface area (TPSA) is 118 Å². The number of thioether (sulfide) groups is 2. The summed E-state index contributed by atoms with van der Waals surface area (Å²) in [5.41, 5.74) is -0.125. The van der Waals surface area contributed by atoms with E-state index in [2.05, 4.69) is 0 Å². The SMILES string of the molecule is CC[C@H](O)[C@@H]1C(=O)N2C(C(=O)O)=C(SCCN3CCCC3=O)S[C@@]12[C@@H](O)CC. The maximum atomic E-state index is 12.7. The summed E-state index contributed by atoms with van der Waals surface area (Å²) in [5.74, 6) is -1.92. The van der Waals surface area contributed by atoms with E-state index < -0.39 is 34.9 Å². The number of aliphatic carboxylic acids is 1. The van der Waals surface area contributed by atoms with Gasteiger partial charge in [-0.2, -0.15) is 0 Å². The molecule has 3 aliphatic heterocycles. The molecular formula is C18H26N2O6S2. The highest BCUT2D eigenvalue weighted by Gasteiger charge is 2.71. The molecule has 28 heavy (non-hydrogen) atoms. The fourth-order valence-electron chi connectivity index (χ4n) is 4.11. The fraction of sp³-hybridized carbons (Fsp3) is 0.722. The average molecular weight is 431 g/mol. The molecule has 0 radical (unpaired) electrons. The zero-order chi connectivity index (χ0) is 20.6. The largest absolute Gasteiger partial charge is 0.477 e. The highest BCUT2D eigenvalue weighted by atomic mass is 32.2. The van der Waals surface area contributed by atoms with Crippen LogP contribution in [-0.2, 0) is 14.4 Å². The van der Waals surface area contributed by atoms with Gasteiger partial charge in [-0.15, -0.1) is 11.8 Å². The van der Waals surface area contributed by atoms with E-state index >= 15 is 0 Å². The summed E-state index contributed by atoms with van der Waals surface area (Å²) in [4.78, 5) is 38.2. The minimum absolute atomic E-state index is 0.107. The summed E-state index contributed by atoms with van der Waals surface area (Å²) < 4.78 is 0.450. The van der Waals surface area contributed by atoms with Gasteiger partial charge in [-0.05, 0) is 19.3 Å². The Balaban J connectivity index is 1.83. The number of hydrogen-bond donors (Lipinski definition) is 3. The number of aliphatic hydroxyl groups is 2. The maximum Gasteiger partial charge on any atom is 0.354 e. The van der Waals surface area contributed by atoms with Crippen molar-refractivity contribution < 1.29 is 29.7 Å². The lowest BCUT2D eigenvalue weighted by atomic mass is 9.77. The first-order chi connectivity index (χ1) is 13.3. The third-order valence-corrected chi connectivity index (χ3v) is 8.45. The van der Waals surface area contributed by atoms with Crippen LogP contribution in [0.15, 0.2) is 9.93 Å². The quantitative estimate of drug-likeness (QED) is 0.465. The standard InChI is InChI=1S/C18H26N2O6S2/c1-3-10(21)13-15(24)20-14(16(25)26)17(28-18(13,20)11(22)4-2)27-9-8-19-7-5-6-12(19)23/h10-11,13,21-22H,3-9H2,1-2H3,(H,25,26)/t10-,11-,13+,18-/m0/s1. The lowest BCUT2D eigenvalue weighted by Gasteiger charge is -2.56. The zero-order valence-corrected chi connectivity index (χ0v) is 17.6. The Morgan fingerprint density at radius 2 is 2.04 bits per heavy atom. The van der Waals surface area contributed by atoms with Gasteiger partial charge in [-0.25, -0.2) is 4.79 Å². The van der Waals surface area contributed by atoms with E-state index in [-0.39, 0.29) is 11.6 Å². The summed E-state index contributed by atoms with van der Waals surface area (Å²) >= 11 is 2.46. The van der Waals surface area contributed by atoms with Crippen LogP contribution in [0.5, 0.6) is 0 Å². The number of carbonyl (C=O) groups is 3. The van der Waals surface area contributed by atoms with Crippen LogP contribution < -0.4 is 0 Å². The van der Waals surface area contributed by atoms with Gasteiger partial charge in [-0.3, -0.25) is 14.5 Å². The second-order valence-electron chi connectivity index (χ2n) is 7.18. The molecule has 0 saturated carbocycles. The van der Waals surface area contributed by atoms with E-state index in [1.165, 1.54) is 28.4 Å². The summed E-state index contributed by atoms with van der Waals surface area (Å²) in [7, 11) is 0. The van der Waals surface area contributed by atoms with E-state index in [1.807, 2.05) is 0 Å². The number of carboxylic acids is 1. The van der Waals surface area contributed by atoms with Crippen molar-refractivity contribution in [3.8, 4) is 0 Å². The third kappa shape index (κ3) is 3.24. The van der Waals surface area contributed by atoms with Gasteiger partial charge in [0, 0.05) is 25.3 Å². The van der Waals surface area contributed by atoms with Crippen LogP contribution in [0.4, 0.5) is 0 Å². The molecular weight excluding hydrogens is 404 g/mol. The first-order valence-corrected chi connectivity index (χ1v) is 11.4. The Morgan fingerprint density at radius 1 is 1.32 bits per heavy atom. The monoisotopic (exact) mass is 430 g/mol. The predicted molar refractivity (Wildman–Crippen MR) is 106 cm³/mol. The van der Waals surface area contributed by atoms with Crippen LogP contribution in [-0.4, -0.2) is 78.8 Å². The highest BCUT2D eigenvalue weighted by molar-refractivity contribution is 8.23. The molecule has 4 atom stereocenters. The van der Waals surface area contributed by atoms with Crippen molar-refractivity contribution in [1.29, 1.82) is 0 Å². The Kier molecular flexibility index (Phi) is 6.33. The van der Waals surface area contributed by atoms with Crippen molar-refractivity contribution in [2.24, 2.45) is 5.92 Å². The molecule has 0 aromatic heterocycles. The van der Waals surface area contributed by atoms with Crippen molar-refractivity contribution >= 4 is 41.3 Å². The second-order valence-corrected chi connectivity index (χ2v) is 9.81. The van der Waals surface area contributed by atoms with Gasteiger partial charge in [0.1, 0.15) is 10.8 Å². The number of carbonyl (C=O) groups excluding carboxylic acids is 2. The molecule has 0 aromatic rings. The molecule has 8 nitrogen and oxygen atoms in total. The maximum absolute atomic E-state index is 12.7. The molecule has 0 aromatic carbocycles. The van der Waals surface area contributed by atoms with Crippen LogP contribution in [0, 0.1) is 5.92 Å². The molecule has 3 aliphatic rings. The molecule has 2 fully saturated rings. The summed E-state index contributed by atoms with van der Waals surface area (Å²) in [6.07, 6.45) is 0.147. The van der Waals surface area contributed by atoms with E-state index in [0.717, 1.165) is 6.42 Å². The van der Waals surface area contributed by atoms with E-state index in [9.17, 15) is 29.7 Å². The summed E-state index contributed by atoms with van der Waals surface area (Å²) in [6, 6.07) is 0. The van der Waals surface area contributed by atoms with Gasteiger partial charge < -0.3 is 20.2 Å². The van der Waals surface area contributed by atoms with E-state index in [4.69, 9.17) is 0 Å². The van der Waals surface area contributed by atoms with Crippen LogP contribution >= 0.6 is 23.5 Å². The lowest BCUT2D eigenvalue weighted by molar-refractivity contribution is -0.177. The minimum atomic E-state index is -1.23. The van der Waals surface area contributed by atoms with Crippen LogP contribution in [0.3, 0.4) is 0 Å². The Labute approximate surface area is 172 Å². The number of hydrogen-bond acceptors (Lipinski definition) is 7. The number of β-lactam (4-membered cyclic amide) rings is 1. The second kappa shape index (κ2) is 8.25. The normalized spacial score (nSPS) is 29.2. The number of aliphatic hydroxyl groups excluding tert-OH is 2. The molecule has 3 N–H and O–H groups in total. The molecule has 0 unspecified atom stereocenters. The minimum Gasteiger partial charge on any atom is -0.477 e. The number of likely N-dealkylation sites (tertiary alicyclic amines) is 1. The van der Waals surface area contributed by atoms with E-state index in [0.29, 0.717) is 42.3 Å². The Hall–Kier alpha value is -1.23. The van der Waals surface area contributed by atoms with Gasteiger partial charge >= 0.3 is 5.97 Å². The molecule has 0 aliphatic carbocycles. The molecule has 2 saturated heterocycles. The number of carboxylic acid groups (broad SMARTS) is 1. The van der Waals surface area contributed by atoms with Gasteiger partial charge in [-0.1, -0.05) is 25.6 Å². The van der Waals surface area contributed by atoms with Gasteiger partial charge in [0.25, 0.3) is 0 Å². The zero-order valence-electron chi connectivity index (χ0n) is 16.0. The van der Waals surface area contributed by atoms with Gasteiger partial charge in [0.15, 0.2) is 5.70 Å². The molecule has 10 heteroatoms. The molecule has 0 bridgehead atoms. The predicted octanol–water partition coefficient (Wildman–Crippen LogP) is 1.04. The number of fused-ring (bicyclic) bond motifs is 1. The average Bonchev–Trinajstić information content (AvgIpc) is 3.20.